The molecule has 0 spiro atoms. The molecule has 0 saturated carbocycles. The molecule has 5 rings (SSSR count). The Kier molecular flexibility index (Phi) is 5.00. The Bertz CT molecular complexity index is 1220. The predicted octanol–water partition coefficient (Wildman–Crippen LogP) is 3.54. The van der Waals surface area contributed by atoms with E-state index < -0.39 is 17.8 Å². The summed E-state index contributed by atoms with van der Waals surface area (Å²) in [4.78, 5) is 54.1. The minimum Gasteiger partial charge on any atom is -0.507 e. The minimum absolute atomic E-state index is 0.0889. The number of nitrogens with zero attached hydrogens (tertiary/aromatic N) is 1. The number of ketones is 2. The Morgan fingerprint density at radius 1 is 1.06 bits per heavy atom. The number of aromatic hydroxyl groups is 1. The van der Waals surface area contributed by atoms with Crippen molar-refractivity contribution < 1.29 is 24.3 Å². The third kappa shape index (κ3) is 3.00. The lowest BCUT2D eigenvalue weighted by Crippen LogP contribution is -2.39. The molecule has 170 valence electrons. The average molecular weight is 446 g/mol. The van der Waals surface area contributed by atoms with Gasteiger partial charge in [0.05, 0.1) is 11.8 Å². The van der Waals surface area contributed by atoms with Crippen LogP contribution in [0.2, 0.25) is 0 Å². The molecule has 0 bridgehead atoms. The van der Waals surface area contributed by atoms with E-state index >= 15 is 0 Å². The van der Waals surface area contributed by atoms with Crippen molar-refractivity contribution in [3.63, 3.8) is 0 Å². The van der Waals surface area contributed by atoms with E-state index in [0.717, 1.165) is 5.57 Å². The second kappa shape index (κ2) is 7.65. The maximum absolute atomic E-state index is 13.4. The van der Waals surface area contributed by atoms with E-state index in [4.69, 9.17) is 0 Å². The Hall–Kier alpha value is -3.28. The molecule has 4 atom stereocenters. The van der Waals surface area contributed by atoms with Crippen molar-refractivity contribution in [3.05, 3.63) is 63.8 Å². The van der Waals surface area contributed by atoms with Crippen molar-refractivity contribution in [3.8, 4) is 5.75 Å². The van der Waals surface area contributed by atoms with Crippen LogP contribution in [-0.4, -0.2) is 39.9 Å². The van der Waals surface area contributed by atoms with Gasteiger partial charge >= 0.3 is 0 Å². The number of allylic oxidation sites excluding steroid dienone is 6. The van der Waals surface area contributed by atoms with Crippen LogP contribution in [0.3, 0.4) is 0 Å². The van der Waals surface area contributed by atoms with Crippen molar-refractivity contribution >= 4 is 23.4 Å². The van der Waals surface area contributed by atoms with E-state index in [1.165, 1.54) is 11.0 Å². The van der Waals surface area contributed by atoms with E-state index in [1.54, 1.807) is 26.0 Å². The summed E-state index contributed by atoms with van der Waals surface area (Å²) in [6, 6.07) is 5.39. The van der Waals surface area contributed by atoms with E-state index in [2.05, 4.69) is 0 Å². The monoisotopic (exact) mass is 445 g/mol. The fourth-order valence-electron chi connectivity index (χ4n) is 6.16. The number of carbonyl (C=O) groups is 4. The molecular formula is C27H27NO5. The van der Waals surface area contributed by atoms with Crippen LogP contribution in [0.15, 0.2) is 52.6 Å². The predicted molar refractivity (Wildman–Crippen MR) is 121 cm³/mol. The first-order valence-corrected chi connectivity index (χ1v) is 11.6. The number of fused-ring (bicyclic) bond motifs is 3. The van der Waals surface area contributed by atoms with E-state index in [-0.39, 0.29) is 41.5 Å². The number of hydrogen-bond donors (Lipinski definition) is 1. The third-order valence-corrected chi connectivity index (χ3v) is 7.68. The summed E-state index contributed by atoms with van der Waals surface area (Å²) < 4.78 is 0. The van der Waals surface area contributed by atoms with Crippen LogP contribution in [-0.2, 0) is 19.2 Å². The number of hydrogen-bond acceptors (Lipinski definition) is 5. The van der Waals surface area contributed by atoms with Gasteiger partial charge < -0.3 is 5.11 Å². The molecule has 6 nitrogen and oxygen atoms in total. The Morgan fingerprint density at radius 3 is 2.55 bits per heavy atom. The second-order valence-electron chi connectivity index (χ2n) is 9.57. The van der Waals surface area contributed by atoms with Crippen LogP contribution in [0.1, 0.15) is 50.2 Å². The lowest BCUT2D eigenvalue weighted by molar-refractivity contribution is -0.140. The van der Waals surface area contributed by atoms with E-state index in [9.17, 15) is 24.3 Å². The first kappa shape index (κ1) is 21.6. The first-order valence-electron chi connectivity index (χ1n) is 11.6. The van der Waals surface area contributed by atoms with Gasteiger partial charge in [0.2, 0.25) is 11.8 Å². The molecular weight excluding hydrogens is 418 g/mol. The van der Waals surface area contributed by atoms with Gasteiger partial charge in [-0.05, 0) is 50.7 Å². The number of aryl methyl sites for hydroxylation is 1. The maximum Gasteiger partial charge on any atom is 0.233 e. The Morgan fingerprint density at radius 2 is 1.82 bits per heavy atom. The SMILES string of the molecule is CCCN1C(=O)C2CC=C3C(c4cccc(C)c4O)C4=C(CC3C2C1=O)C(=O)C(C)=CC4=O. The fourth-order valence-corrected chi connectivity index (χ4v) is 6.16. The molecule has 3 aliphatic carbocycles. The van der Waals surface area contributed by atoms with Gasteiger partial charge in [-0.15, -0.1) is 0 Å². The van der Waals surface area contributed by atoms with Gasteiger partial charge in [-0.1, -0.05) is 36.8 Å². The molecule has 2 amide bonds. The molecule has 1 saturated heterocycles. The molecule has 1 aromatic rings. The molecule has 6 heteroatoms. The van der Waals surface area contributed by atoms with Gasteiger partial charge in [-0.25, -0.2) is 0 Å². The number of carbonyl (C=O) groups excluding carboxylic acids is 4. The van der Waals surface area contributed by atoms with Gasteiger partial charge in [0.15, 0.2) is 11.6 Å². The van der Waals surface area contributed by atoms with Crippen LogP contribution in [0.25, 0.3) is 0 Å². The number of likely N-dealkylation sites (tertiary alicyclic amines) is 1. The minimum atomic E-state index is -0.608. The van der Waals surface area contributed by atoms with Crippen LogP contribution >= 0.6 is 0 Å². The molecule has 1 aliphatic heterocycles. The molecule has 1 heterocycles. The van der Waals surface area contributed by atoms with Gasteiger partial charge in [0.25, 0.3) is 0 Å². The quantitative estimate of drug-likeness (QED) is 0.437. The number of benzene rings is 1. The number of phenolic OH excluding ortho intramolecular Hbond substituents is 1. The number of imide groups is 1. The molecule has 1 aromatic carbocycles. The van der Waals surface area contributed by atoms with Crippen molar-refractivity contribution in [2.24, 2.45) is 17.8 Å². The summed E-state index contributed by atoms with van der Waals surface area (Å²) in [5.74, 6) is -2.58. The van der Waals surface area contributed by atoms with Gasteiger partial charge in [0, 0.05) is 34.7 Å². The van der Waals surface area contributed by atoms with E-state index in [1.807, 2.05) is 19.1 Å². The number of phenols is 1. The molecule has 33 heavy (non-hydrogen) atoms. The van der Waals surface area contributed by atoms with E-state index in [0.29, 0.717) is 47.2 Å². The summed E-state index contributed by atoms with van der Waals surface area (Å²) in [5, 5.41) is 10.9. The maximum atomic E-state index is 13.4. The van der Waals surface area contributed by atoms with Crippen molar-refractivity contribution in [2.45, 2.75) is 46.0 Å². The smallest absolute Gasteiger partial charge is 0.233 e. The number of amides is 2. The zero-order valence-corrected chi connectivity index (χ0v) is 19.1. The average Bonchev–Trinajstić information content (AvgIpc) is 3.03. The van der Waals surface area contributed by atoms with Crippen molar-refractivity contribution in [1.82, 2.24) is 4.90 Å². The highest BCUT2D eigenvalue weighted by atomic mass is 16.3. The highest BCUT2D eigenvalue weighted by Gasteiger charge is 2.56. The summed E-state index contributed by atoms with van der Waals surface area (Å²) in [5.41, 5.74) is 3.30. The molecule has 1 fully saturated rings. The molecule has 0 radical (unpaired) electrons. The fraction of sp³-hybridized carbons (Fsp3) is 0.407. The Balaban J connectivity index is 1.70. The highest BCUT2D eigenvalue weighted by molar-refractivity contribution is 6.23. The van der Waals surface area contributed by atoms with Gasteiger partial charge in [-0.2, -0.15) is 0 Å². The summed E-state index contributed by atoms with van der Waals surface area (Å²) in [6.07, 6.45) is 4.73. The largest absolute Gasteiger partial charge is 0.507 e. The number of Topliss-reactive ketones (excluding diaryl/α,β-unsaturated/α-hetero) is 1. The lowest BCUT2D eigenvalue weighted by atomic mass is 9.59. The number of rotatable bonds is 3. The van der Waals surface area contributed by atoms with Crippen LogP contribution in [0.4, 0.5) is 0 Å². The second-order valence-corrected chi connectivity index (χ2v) is 9.57. The standard InChI is InChI=1S/C27H27NO5/c1-4-10-28-26(32)17-9-8-15-18(22(17)27(28)33)12-19-23(20(29)11-14(3)25(19)31)21(15)16-7-5-6-13(2)24(16)30/h5-8,11,17-18,21-22,30H,4,9-10,12H2,1-3H3. The first-order chi connectivity index (χ1) is 15.8. The number of para-hydroxylation sites is 1. The van der Waals surface area contributed by atoms with Crippen LogP contribution < -0.4 is 0 Å². The van der Waals surface area contributed by atoms with Crippen molar-refractivity contribution in [2.75, 3.05) is 6.54 Å². The van der Waals surface area contributed by atoms with Crippen LogP contribution in [0.5, 0.6) is 5.75 Å². The molecule has 4 unspecified atom stereocenters. The molecule has 4 aliphatic rings. The van der Waals surface area contributed by atoms with Gasteiger partial charge in [-0.3, -0.25) is 24.1 Å². The topological polar surface area (TPSA) is 91.8 Å². The highest BCUT2D eigenvalue weighted by Crippen LogP contribution is 2.56. The molecule has 0 aromatic heterocycles. The van der Waals surface area contributed by atoms with Crippen LogP contribution in [0, 0.1) is 24.7 Å². The summed E-state index contributed by atoms with van der Waals surface area (Å²) in [6.45, 7) is 5.74. The molecule has 1 N–H and O–H groups in total. The normalized spacial score (nSPS) is 29.0. The zero-order chi connectivity index (χ0) is 23.6. The Labute approximate surface area is 192 Å². The lowest BCUT2D eigenvalue weighted by Gasteiger charge is -2.42. The zero-order valence-electron chi connectivity index (χ0n) is 19.1. The third-order valence-electron chi connectivity index (χ3n) is 7.68. The summed E-state index contributed by atoms with van der Waals surface area (Å²) in [7, 11) is 0. The van der Waals surface area contributed by atoms with Crippen molar-refractivity contribution in [1.29, 1.82) is 0 Å². The van der Waals surface area contributed by atoms with Gasteiger partial charge in [0.1, 0.15) is 5.75 Å². The summed E-state index contributed by atoms with van der Waals surface area (Å²) >= 11 is 0.